The van der Waals surface area contributed by atoms with E-state index >= 15 is 0 Å². The molecule has 4 rings (SSSR count). The molecule has 1 aromatic heterocycles. The van der Waals surface area contributed by atoms with Crippen molar-refractivity contribution >= 4 is 22.9 Å². The van der Waals surface area contributed by atoms with Gasteiger partial charge in [-0.15, -0.1) is 0 Å². The van der Waals surface area contributed by atoms with Crippen LogP contribution in [0.5, 0.6) is 0 Å². The van der Waals surface area contributed by atoms with Crippen LogP contribution in [0.1, 0.15) is 22.6 Å². The molecule has 2 aliphatic heterocycles. The van der Waals surface area contributed by atoms with Gasteiger partial charge in [0.1, 0.15) is 5.82 Å². The maximum atomic E-state index is 12.1. The highest BCUT2D eigenvalue weighted by atomic mass is 16.5. The second-order valence-corrected chi connectivity index (χ2v) is 6.61. The number of rotatable bonds is 5. The van der Waals surface area contributed by atoms with Gasteiger partial charge < -0.3 is 24.3 Å². The second kappa shape index (κ2) is 7.05. The van der Waals surface area contributed by atoms with E-state index in [0.717, 1.165) is 36.4 Å². The third kappa shape index (κ3) is 3.17. The van der Waals surface area contributed by atoms with Gasteiger partial charge in [-0.05, 0) is 24.6 Å². The summed E-state index contributed by atoms with van der Waals surface area (Å²) in [7, 11) is 1.37. The molecule has 8 heteroatoms. The molecule has 0 bridgehead atoms. The molecule has 138 valence electrons. The van der Waals surface area contributed by atoms with Gasteiger partial charge in [-0.25, -0.2) is 9.78 Å². The number of carbonyl (C=O) groups excluding carboxylic acids is 2. The van der Waals surface area contributed by atoms with Gasteiger partial charge in [0.2, 0.25) is 5.91 Å². The van der Waals surface area contributed by atoms with E-state index < -0.39 is 0 Å². The molecule has 26 heavy (non-hydrogen) atoms. The molecule has 0 radical (unpaired) electrons. The van der Waals surface area contributed by atoms with Crippen molar-refractivity contribution in [2.75, 3.05) is 33.4 Å². The molecule has 2 fully saturated rings. The molecule has 1 amide bonds. The summed E-state index contributed by atoms with van der Waals surface area (Å²) in [6.45, 7) is 3.69. The first-order chi connectivity index (χ1) is 12.7. The van der Waals surface area contributed by atoms with E-state index in [1.807, 2.05) is 11.0 Å². The molecule has 3 heterocycles. The molecule has 8 nitrogen and oxygen atoms in total. The molecule has 0 aliphatic carbocycles. The summed E-state index contributed by atoms with van der Waals surface area (Å²) < 4.78 is 12.5. The number of carbonyl (C=O) groups is 2. The second-order valence-electron chi connectivity index (χ2n) is 6.61. The fourth-order valence-corrected chi connectivity index (χ4v) is 3.36. The Hall–Kier alpha value is -2.45. The first kappa shape index (κ1) is 17.0. The summed E-state index contributed by atoms with van der Waals surface area (Å²) in [5.41, 5.74) is 2.15. The van der Waals surface area contributed by atoms with Crippen LogP contribution in [-0.4, -0.2) is 65.8 Å². The molecule has 2 aliphatic rings. The number of benzene rings is 1. The minimum Gasteiger partial charge on any atom is -0.465 e. The molecule has 1 N–H and O–H groups in total. The lowest BCUT2D eigenvalue weighted by molar-refractivity contribution is -0.132. The number of nitrogens with zero attached hydrogens (tertiary/aromatic N) is 3. The number of aromatic nitrogens is 2. The highest BCUT2D eigenvalue weighted by molar-refractivity contribution is 5.93. The number of esters is 1. The van der Waals surface area contributed by atoms with Gasteiger partial charge in [0, 0.05) is 19.7 Å². The van der Waals surface area contributed by atoms with Gasteiger partial charge in [0.15, 0.2) is 0 Å². The zero-order valence-electron chi connectivity index (χ0n) is 14.7. The van der Waals surface area contributed by atoms with Crippen LogP contribution >= 0.6 is 0 Å². The van der Waals surface area contributed by atoms with Crippen LogP contribution in [0.15, 0.2) is 18.2 Å². The fraction of sp³-hybridized carbons (Fsp3) is 0.500. The minimum absolute atomic E-state index is 0.0741. The quantitative estimate of drug-likeness (QED) is 0.786. The maximum absolute atomic E-state index is 12.1. The smallest absolute Gasteiger partial charge is 0.337 e. The third-order valence-electron chi connectivity index (χ3n) is 4.95. The average Bonchev–Trinajstić information content (AvgIpc) is 2.95. The van der Waals surface area contributed by atoms with Gasteiger partial charge in [-0.2, -0.15) is 0 Å². The summed E-state index contributed by atoms with van der Waals surface area (Å²) in [6.07, 6.45) is 1.15. The SMILES string of the molecule is COC(=O)c1ccc2nc(CN3CCNCC3=O)n(C[C@@H]3CCO3)c2c1. The van der Waals surface area contributed by atoms with Crippen LogP contribution < -0.4 is 5.32 Å². The van der Waals surface area contributed by atoms with Gasteiger partial charge >= 0.3 is 5.97 Å². The number of fused-ring (bicyclic) bond motifs is 1. The number of nitrogens with one attached hydrogen (secondary N) is 1. The molecule has 2 saturated heterocycles. The Morgan fingerprint density at radius 2 is 2.31 bits per heavy atom. The topological polar surface area (TPSA) is 85.7 Å². The lowest BCUT2D eigenvalue weighted by Crippen LogP contribution is -2.47. The van der Waals surface area contributed by atoms with E-state index in [1.54, 1.807) is 12.1 Å². The number of imidazole rings is 1. The Morgan fingerprint density at radius 3 is 3.00 bits per heavy atom. The zero-order valence-corrected chi connectivity index (χ0v) is 14.7. The van der Waals surface area contributed by atoms with E-state index in [0.29, 0.717) is 31.7 Å². The summed E-state index contributed by atoms with van der Waals surface area (Å²) in [4.78, 5) is 30.6. The Kier molecular flexibility index (Phi) is 4.60. The fourth-order valence-electron chi connectivity index (χ4n) is 3.36. The molecule has 2 aromatic rings. The number of amides is 1. The maximum Gasteiger partial charge on any atom is 0.337 e. The Balaban J connectivity index is 1.71. The summed E-state index contributed by atoms with van der Waals surface area (Å²) in [5.74, 6) is 0.510. The molecule has 1 aromatic carbocycles. The van der Waals surface area contributed by atoms with Crippen molar-refractivity contribution in [3.8, 4) is 0 Å². The zero-order chi connectivity index (χ0) is 18.1. The van der Waals surface area contributed by atoms with Crippen molar-refractivity contribution in [2.45, 2.75) is 25.6 Å². The highest BCUT2D eigenvalue weighted by Gasteiger charge is 2.25. The van der Waals surface area contributed by atoms with Crippen LogP contribution in [0.2, 0.25) is 0 Å². The van der Waals surface area contributed by atoms with Gasteiger partial charge in [0.25, 0.3) is 0 Å². The number of piperazine rings is 1. The van der Waals surface area contributed by atoms with Crippen molar-refractivity contribution in [2.24, 2.45) is 0 Å². The van der Waals surface area contributed by atoms with E-state index in [1.165, 1.54) is 7.11 Å². The van der Waals surface area contributed by atoms with Crippen LogP contribution in [0.3, 0.4) is 0 Å². The highest BCUT2D eigenvalue weighted by Crippen LogP contribution is 2.23. The van der Waals surface area contributed by atoms with Crippen molar-refractivity contribution in [1.82, 2.24) is 19.8 Å². The standard InChI is InChI=1S/C18H22N4O4/c1-25-18(24)12-2-3-14-15(8-12)22(10-13-4-7-26-13)16(20-14)11-21-6-5-19-9-17(21)23/h2-3,8,13,19H,4-7,9-11H2,1H3/t13-/m0/s1. The monoisotopic (exact) mass is 358 g/mol. The largest absolute Gasteiger partial charge is 0.465 e. The first-order valence-electron chi connectivity index (χ1n) is 8.83. The molecular weight excluding hydrogens is 336 g/mol. The number of ether oxygens (including phenoxy) is 2. The minimum atomic E-state index is -0.377. The molecular formula is C18H22N4O4. The van der Waals surface area contributed by atoms with E-state index in [-0.39, 0.29) is 18.0 Å². The summed E-state index contributed by atoms with van der Waals surface area (Å²) in [5, 5.41) is 3.08. The molecule has 1 atom stereocenters. The van der Waals surface area contributed by atoms with Crippen molar-refractivity contribution in [3.63, 3.8) is 0 Å². The van der Waals surface area contributed by atoms with E-state index in [9.17, 15) is 9.59 Å². The van der Waals surface area contributed by atoms with Crippen LogP contribution in [-0.2, 0) is 27.4 Å². The van der Waals surface area contributed by atoms with E-state index in [2.05, 4.69) is 9.88 Å². The predicted molar refractivity (Wildman–Crippen MR) is 93.7 cm³/mol. The lowest BCUT2D eigenvalue weighted by Gasteiger charge is -2.30. The van der Waals surface area contributed by atoms with Crippen molar-refractivity contribution in [3.05, 3.63) is 29.6 Å². The van der Waals surface area contributed by atoms with Gasteiger partial charge in [-0.1, -0.05) is 0 Å². The number of hydrogen-bond acceptors (Lipinski definition) is 6. The Morgan fingerprint density at radius 1 is 1.46 bits per heavy atom. The van der Waals surface area contributed by atoms with Crippen molar-refractivity contribution < 1.29 is 19.1 Å². The molecule has 0 saturated carbocycles. The third-order valence-corrected chi connectivity index (χ3v) is 4.95. The van der Waals surface area contributed by atoms with Crippen LogP contribution in [0.4, 0.5) is 0 Å². The molecule has 0 spiro atoms. The summed E-state index contributed by atoms with van der Waals surface area (Å²) in [6, 6.07) is 5.34. The first-order valence-corrected chi connectivity index (χ1v) is 8.83. The van der Waals surface area contributed by atoms with Crippen molar-refractivity contribution in [1.29, 1.82) is 0 Å². The summed E-state index contributed by atoms with van der Waals surface area (Å²) >= 11 is 0. The number of hydrogen-bond donors (Lipinski definition) is 1. The number of methoxy groups -OCH3 is 1. The van der Waals surface area contributed by atoms with Crippen LogP contribution in [0.25, 0.3) is 11.0 Å². The lowest BCUT2D eigenvalue weighted by atomic mass is 10.1. The molecule has 0 unspecified atom stereocenters. The Labute approximate surface area is 151 Å². The normalized spacial score (nSPS) is 20.3. The van der Waals surface area contributed by atoms with Crippen LogP contribution in [0, 0.1) is 0 Å². The average molecular weight is 358 g/mol. The Bertz CT molecular complexity index is 843. The van der Waals surface area contributed by atoms with Gasteiger partial charge in [-0.3, -0.25) is 4.79 Å². The van der Waals surface area contributed by atoms with E-state index in [4.69, 9.17) is 14.5 Å². The predicted octanol–water partition coefficient (Wildman–Crippen LogP) is 0.544. The van der Waals surface area contributed by atoms with Gasteiger partial charge in [0.05, 0.1) is 49.4 Å².